The molecule has 3 nitrogen and oxygen atoms in total. The van der Waals surface area contributed by atoms with Crippen LogP contribution in [0.1, 0.15) is 46.1 Å². The Balaban J connectivity index is 2.15. The molecule has 1 aliphatic heterocycles. The van der Waals surface area contributed by atoms with Crippen LogP contribution >= 0.6 is 0 Å². The second-order valence-corrected chi connectivity index (χ2v) is 6.37. The summed E-state index contributed by atoms with van der Waals surface area (Å²) in [6.07, 6.45) is 6.19. The molecule has 0 aromatic carbocycles. The van der Waals surface area contributed by atoms with Crippen molar-refractivity contribution in [3.8, 4) is 0 Å². The first-order chi connectivity index (χ1) is 9.01. The molecule has 2 heterocycles. The van der Waals surface area contributed by atoms with Gasteiger partial charge in [-0.3, -0.25) is 9.88 Å². The fraction of sp³-hybridized carbons (Fsp3) is 0.688. The molecule has 106 valence electrons. The lowest BCUT2D eigenvalue weighted by atomic mass is 9.84. The molecule has 0 atom stereocenters. The van der Waals surface area contributed by atoms with Gasteiger partial charge in [0.1, 0.15) is 0 Å². The Morgan fingerprint density at radius 2 is 2.05 bits per heavy atom. The summed E-state index contributed by atoms with van der Waals surface area (Å²) in [7, 11) is 0. The quantitative estimate of drug-likeness (QED) is 0.903. The lowest BCUT2D eigenvalue weighted by Gasteiger charge is -2.52. The highest BCUT2D eigenvalue weighted by atomic mass is 15.3. The van der Waals surface area contributed by atoms with Crippen molar-refractivity contribution in [2.24, 2.45) is 0 Å². The fourth-order valence-corrected chi connectivity index (χ4v) is 2.86. The monoisotopic (exact) mass is 261 g/mol. The van der Waals surface area contributed by atoms with E-state index in [4.69, 9.17) is 0 Å². The zero-order chi connectivity index (χ0) is 13.9. The Hall–Kier alpha value is -0.930. The first kappa shape index (κ1) is 14.5. The van der Waals surface area contributed by atoms with Crippen molar-refractivity contribution in [2.75, 3.05) is 13.1 Å². The van der Waals surface area contributed by atoms with Gasteiger partial charge in [-0.2, -0.15) is 0 Å². The Kier molecular flexibility index (Phi) is 4.26. The van der Waals surface area contributed by atoms with Gasteiger partial charge in [0.05, 0.1) is 0 Å². The second kappa shape index (κ2) is 5.59. The van der Waals surface area contributed by atoms with Crippen LogP contribution in [-0.4, -0.2) is 34.1 Å². The van der Waals surface area contributed by atoms with Gasteiger partial charge >= 0.3 is 0 Å². The standard InChI is InChI=1S/C16H27N3/c1-5-16(6-2)13-19(15(3,4)12-18-16)11-14-8-7-9-17-10-14/h7-10,18H,5-6,11-13H2,1-4H3. The zero-order valence-electron chi connectivity index (χ0n) is 12.7. The van der Waals surface area contributed by atoms with Crippen molar-refractivity contribution < 1.29 is 0 Å². The summed E-state index contributed by atoms with van der Waals surface area (Å²) in [5.74, 6) is 0. The van der Waals surface area contributed by atoms with Gasteiger partial charge in [0.2, 0.25) is 0 Å². The minimum atomic E-state index is 0.198. The van der Waals surface area contributed by atoms with Crippen molar-refractivity contribution in [1.29, 1.82) is 0 Å². The van der Waals surface area contributed by atoms with E-state index in [-0.39, 0.29) is 11.1 Å². The van der Waals surface area contributed by atoms with Gasteiger partial charge in [-0.1, -0.05) is 19.9 Å². The summed E-state index contributed by atoms with van der Waals surface area (Å²) < 4.78 is 0. The van der Waals surface area contributed by atoms with Crippen molar-refractivity contribution in [3.63, 3.8) is 0 Å². The van der Waals surface area contributed by atoms with E-state index < -0.39 is 0 Å². The zero-order valence-corrected chi connectivity index (χ0v) is 12.7. The minimum Gasteiger partial charge on any atom is -0.308 e. The Morgan fingerprint density at radius 1 is 1.32 bits per heavy atom. The van der Waals surface area contributed by atoms with Crippen molar-refractivity contribution in [1.82, 2.24) is 15.2 Å². The number of rotatable bonds is 4. The first-order valence-electron chi connectivity index (χ1n) is 7.40. The fourth-order valence-electron chi connectivity index (χ4n) is 2.86. The Labute approximate surface area is 117 Å². The maximum absolute atomic E-state index is 4.23. The van der Waals surface area contributed by atoms with Gasteiger partial charge in [0.25, 0.3) is 0 Å². The van der Waals surface area contributed by atoms with Gasteiger partial charge in [-0.05, 0) is 38.3 Å². The van der Waals surface area contributed by atoms with E-state index in [1.807, 2.05) is 18.5 Å². The van der Waals surface area contributed by atoms with E-state index in [2.05, 4.69) is 49.0 Å². The van der Waals surface area contributed by atoms with Crippen LogP contribution in [0, 0.1) is 0 Å². The van der Waals surface area contributed by atoms with Crippen molar-refractivity contribution >= 4 is 0 Å². The van der Waals surface area contributed by atoms with Gasteiger partial charge in [0.15, 0.2) is 0 Å². The number of aromatic nitrogens is 1. The molecule has 0 radical (unpaired) electrons. The summed E-state index contributed by atoms with van der Waals surface area (Å²) in [6, 6.07) is 4.20. The number of hydrogen-bond acceptors (Lipinski definition) is 3. The summed E-state index contributed by atoms with van der Waals surface area (Å²) in [5, 5.41) is 3.78. The van der Waals surface area contributed by atoms with Crippen molar-refractivity contribution in [3.05, 3.63) is 30.1 Å². The molecule has 0 bridgehead atoms. The maximum Gasteiger partial charge on any atom is 0.0312 e. The third-order valence-electron chi connectivity index (χ3n) is 4.70. The smallest absolute Gasteiger partial charge is 0.0312 e. The number of pyridine rings is 1. The normalized spacial score (nSPS) is 22.3. The van der Waals surface area contributed by atoms with Crippen LogP contribution < -0.4 is 5.32 Å². The van der Waals surface area contributed by atoms with Gasteiger partial charge < -0.3 is 5.32 Å². The van der Waals surface area contributed by atoms with E-state index in [0.29, 0.717) is 0 Å². The maximum atomic E-state index is 4.23. The van der Waals surface area contributed by atoms with Crippen LogP contribution in [0.2, 0.25) is 0 Å². The Morgan fingerprint density at radius 3 is 2.63 bits per heavy atom. The predicted molar refractivity (Wildman–Crippen MR) is 80.0 cm³/mol. The number of piperazine rings is 1. The molecule has 0 spiro atoms. The molecule has 0 saturated carbocycles. The molecule has 0 aliphatic carbocycles. The molecular formula is C16H27N3. The minimum absolute atomic E-state index is 0.198. The van der Waals surface area contributed by atoms with E-state index in [0.717, 1.165) is 19.6 Å². The number of nitrogens with zero attached hydrogens (tertiary/aromatic N) is 2. The highest BCUT2D eigenvalue weighted by Gasteiger charge is 2.40. The molecular weight excluding hydrogens is 234 g/mol. The highest BCUT2D eigenvalue weighted by Crippen LogP contribution is 2.29. The van der Waals surface area contributed by atoms with Gasteiger partial charge in [-0.15, -0.1) is 0 Å². The summed E-state index contributed by atoms with van der Waals surface area (Å²) >= 11 is 0. The van der Waals surface area contributed by atoms with Crippen LogP contribution in [0.15, 0.2) is 24.5 Å². The molecule has 0 unspecified atom stereocenters. The molecule has 0 amide bonds. The molecule has 3 heteroatoms. The predicted octanol–water partition coefficient (Wildman–Crippen LogP) is 2.82. The van der Waals surface area contributed by atoms with Crippen LogP contribution in [0.3, 0.4) is 0 Å². The molecule has 2 rings (SSSR count). The van der Waals surface area contributed by atoms with Gasteiger partial charge in [0, 0.05) is 43.1 Å². The average Bonchev–Trinajstić information content (AvgIpc) is 2.43. The van der Waals surface area contributed by atoms with Crippen LogP contribution in [0.25, 0.3) is 0 Å². The SMILES string of the molecule is CCC1(CC)CN(Cc2cccnc2)C(C)(C)CN1. The number of nitrogens with one attached hydrogen (secondary N) is 1. The number of hydrogen-bond donors (Lipinski definition) is 1. The van der Waals surface area contributed by atoms with E-state index in [9.17, 15) is 0 Å². The summed E-state index contributed by atoms with van der Waals surface area (Å²) in [5.41, 5.74) is 1.78. The largest absolute Gasteiger partial charge is 0.308 e. The average molecular weight is 261 g/mol. The molecule has 1 fully saturated rings. The van der Waals surface area contributed by atoms with Crippen LogP contribution in [-0.2, 0) is 6.54 Å². The molecule has 1 aliphatic rings. The lowest BCUT2D eigenvalue weighted by Crippen LogP contribution is -2.67. The van der Waals surface area contributed by atoms with E-state index in [1.54, 1.807) is 0 Å². The van der Waals surface area contributed by atoms with Gasteiger partial charge in [-0.25, -0.2) is 0 Å². The second-order valence-electron chi connectivity index (χ2n) is 6.37. The Bertz CT molecular complexity index is 396. The van der Waals surface area contributed by atoms with Crippen LogP contribution in [0.4, 0.5) is 0 Å². The molecule has 1 aromatic rings. The summed E-state index contributed by atoms with van der Waals surface area (Å²) in [4.78, 5) is 6.84. The third kappa shape index (κ3) is 3.15. The van der Waals surface area contributed by atoms with Crippen molar-refractivity contribution in [2.45, 2.75) is 58.2 Å². The lowest BCUT2D eigenvalue weighted by molar-refractivity contribution is 0.0161. The molecule has 1 N–H and O–H groups in total. The third-order valence-corrected chi connectivity index (χ3v) is 4.70. The summed E-state index contributed by atoms with van der Waals surface area (Å²) in [6.45, 7) is 12.4. The molecule has 1 aromatic heterocycles. The van der Waals surface area contributed by atoms with E-state index in [1.165, 1.54) is 18.4 Å². The molecule has 19 heavy (non-hydrogen) atoms. The highest BCUT2D eigenvalue weighted by molar-refractivity contribution is 5.11. The first-order valence-corrected chi connectivity index (χ1v) is 7.40. The topological polar surface area (TPSA) is 28.2 Å². The molecule has 1 saturated heterocycles. The van der Waals surface area contributed by atoms with Crippen LogP contribution in [0.5, 0.6) is 0 Å². The van der Waals surface area contributed by atoms with E-state index >= 15 is 0 Å².